The third-order valence-electron chi connectivity index (χ3n) is 6.51. The van der Waals surface area contributed by atoms with Gasteiger partial charge in [0.05, 0.1) is 32.5 Å². The second-order valence-corrected chi connectivity index (χ2v) is 9.44. The third-order valence-corrected chi connectivity index (χ3v) is 6.51. The number of benzene rings is 3. The molecule has 3 aromatic carbocycles. The van der Waals surface area contributed by atoms with Crippen LogP contribution in [0.4, 0.5) is 13.2 Å². The van der Waals surface area contributed by atoms with E-state index in [1.807, 2.05) is 6.92 Å². The van der Waals surface area contributed by atoms with Crippen molar-refractivity contribution >= 4 is 0 Å². The van der Waals surface area contributed by atoms with Gasteiger partial charge in [0.15, 0.2) is 0 Å². The fourth-order valence-corrected chi connectivity index (χ4v) is 4.47. The lowest BCUT2D eigenvalue weighted by atomic mass is 9.92. The Hall–Kier alpha value is -2.75. The quantitative estimate of drug-likeness (QED) is 0.325. The summed E-state index contributed by atoms with van der Waals surface area (Å²) in [6.45, 7) is 2.67. The summed E-state index contributed by atoms with van der Waals surface area (Å²) in [5.41, 5.74) is 2.30. The minimum absolute atomic E-state index is 0.139. The predicted octanol–water partition coefficient (Wildman–Crippen LogP) is 5.72. The first-order valence-corrected chi connectivity index (χ1v) is 12.8. The van der Waals surface area contributed by atoms with Crippen molar-refractivity contribution in [2.75, 3.05) is 6.61 Å². The van der Waals surface area contributed by atoms with Crippen molar-refractivity contribution in [2.45, 2.75) is 70.1 Å². The average molecular weight is 531 g/mol. The standard InChI is InChI=1S/C30H33F3O5/c1-2-3-26-28(34)30(37-18-22-8-14-25(33)15-9-22)29(36-17-21-6-12-24(32)13-7-21)27(38-26)19-35-16-20-4-10-23(31)11-5-20/h4-15,26-30,34H,2-3,16-19H2,1H3/t26-,27-,28+,29-,30-/m1/s1. The molecule has 0 spiro atoms. The molecule has 8 heteroatoms. The minimum atomic E-state index is -0.970. The van der Waals surface area contributed by atoms with Gasteiger partial charge in [-0.15, -0.1) is 0 Å². The molecule has 204 valence electrons. The summed E-state index contributed by atoms with van der Waals surface area (Å²) in [7, 11) is 0. The van der Waals surface area contributed by atoms with E-state index >= 15 is 0 Å². The molecule has 0 radical (unpaired) electrons. The maximum atomic E-state index is 13.4. The second kappa shape index (κ2) is 13.9. The summed E-state index contributed by atoms with van der Waals surface area (Å²) in [5, 5.41) is 11.2. The highest BCUT2D eigenvalue weighted by Crippen LogP contribution is 2.30. The normalized spacial score (nSPS) is 23.4. The minimum Gasteiger partial charge on any atom is -0.388 e. The fraction of sp³-hybridized carbons (Fsp3) is 0.400. The van der Waals surface area contributed by atoms with Gasteiger partial charge in [-0.2, -0.15) is 0 Å². The Kier molecular flexibility index (Phi) is 10.3. The van der Waals surface area contributed by atoms with E-state index < -0.39 is 30.5 Å². The largest absolute Gasteiger partial charge is 0.388 e. The average Bonchev–Trinajstić information content (AvgIpc) is 2.92. The number of aliphatic hydroxyl groups excluding tert-OH is 1. The van der Waals surface area contributed by atoms with Crippen LogP contribution in [-0.4, -0.2) is 42.2 Å². The summed E-state index contributed by atoms with van der Waals surface area (Å²) in [4.78, 5) is 0. The van der Waals surface area contributed by atoms with E-state index in [9.17, 15) is 18.3 Å². The van der Waals surface area contributed by atoms with Crippen LogP contribution in [0.25, 0.3) is 0 Å². The van der Waals surface area contributed by atoms with Crippen LogP contribution in [0, 0.1) is 17.5 Å². The van der Waals surface area contributed by atoms with Gasteiger partial charge in [-0.25, -0.2) is 13.2 Å². The molecule has 1 aliphatic heterocycles. The first-order chi connectivity index (χ1) is 18.4. The van der Waals surface area contributed by atoms with Gasteiger partial charge >= 0.3 is 0 Å². The Balaban J connectivity index is 1.51. The zero-order chi connectivity index (χ0) is 26.9. The predicted molar refractivity (Wildman–Crippen MR) is 136 cm³/mol. The number of hydrogen-bond donors (Lipinski definition) is 1. The van der Waals surface area contributed by atoms with Crippen molar-refractivity contribution in [1.82, 2.24) is 0 Å². The van der Waals surface area contributed by atoms with Crippen molar-refractivity contribution in [3.8, 4) is 0 Å². The Morgan fingerprint density at radius 2 is 1.11 bits per heavy atom. The molecule has 1 heterocycles. The van der Waals surface area contributed by atoms with Gasteiger partial charge in [0, 0.05) is 0 Å². The number of aliphatic hydroxyl groups is 1. The van der Waals surface area contributed by atoms with Crippen LogP contribution in [-0.2, 0) is 38.8 Å². The lowest BCUT2D eigenvalue weighted by Crippen LogP contribution is -2.60. The van der Waals surface area contributed by atoms with Gasteiger partial charge in [-0.3, -0.25) is 0 Å². The van der Waals surface area contributed by atoms with Crippen LogP contribution in [0.2, 0.25) is 0 Å². The monoisotopic (exact) mass is 530 g/mol. The molecule has 1 aliphatic rings. The molecule has 0 amide bonds. The molecular formula is C30H33F3O5. The molecule has 1 N–H and O–H groups in total. The summed E-state index contributed by atoms with van der Waals surface area (Å²) >= 11 is 0. The van der Waals surface area contributed by atoms with Gasteiger partial charge in [0.1, 0.15) is 41.9 Å². The van der Waals surface area contributed by atoms with Crippen molar-refractivity contribution in [1.29, 1.82) is 0 Å². The molecule has 0 saturated carbocycles. The van der Waals surface area contributed by atoms with Crippen LogP contribution < -0.4 is 0 Å². The molecule has 3 aromatic rings. The van der Waals surface area contributed by atoms with Gasteiger partial charge in [0.25, 0.3) is 0 Å². The fourth-order valence-electron chi connectivity index (χ4n) is 4.47. The highest BCUT2D eigenvalue weighted by atomic mass is 19.1. The third kappa shape index (κ3) is 7.88. The molecule has 5 atom stereocenters. The molecule has 0 aromatic heterocycles. The van der Waals surface area contributed by atoms with Crippen LogP contribution in [0.5, 0.6) is 0 Å². The summed E-state index contributed by atoms with van der Waals surface area (Å²) in [6, 6.07) is 18.0. The number of hydrogen-bond acceptors (Lipinski definition) is 5. The Labute approximate surface area is 221 Å². The van der Waals surface area contributed by atoms with E-state index in [4.69, 9.17) is 18.9 Å². The van der Waals surface area contributed by atoms with Gasteiger partial charge < -0.3 is 24.1 Å². The van der Waals surface area contributed by atoms with E-state index in [0.29, 0.717) is 6.42 Å². The highest BCUT2D eigenvalue weighted by molar-refractivity contribution is 5.17. The topological polar surface area (TPSA) is 57.2 Å². The number of halogens is 3. The van der Waals surface area contributed by atoms with Crippen LogP contribution in [0.1, 0.15) is 36.5 Å². The first-order valence-electron chi connectivity index (χ1n) is 12.8. The van der Waals surface area contributed by atoms with E-state index in [0.717, 1.165) is 23.1 Å². The summed E-state index contributed by atoms with van der Waals surface area (Å²) in [5.74, 6) is -1.02. The van der Waals surface area contributed by atoms with Crippen LogP contribution in [0.3, 0.4) is 0 Å². The first kappa shape index (κ1) is 28.3. The molecule has 0 aliphatic carbocycles. The van der Waals surface area contributed by atoms with Crippen LogP contribution >= 0.6 is 0 Å². The Morgan fingerprint density at radius 3 is 1.58 bits per heavy atom. The Morgan fingerprint density at radius 1 is 0.658 bits per heavy atom. The van der Waals surface area contributed by atoms with E-state index in [-0.39, 0.29) is 43.9 Å². The molecule has 0 bridgehead atoms. The Bertz CT molecular complexity index is 1110. The molecule has 1 saturated heterocycles. The molecule has 4 rings (SSSR count). The molecule has 0 unspecified atom stereocenters. The molecule has 1 fully saturated rings. The highest BCUT2D eigenvalue weighted by Gasteiger charge is 2.46. The second-order valence-electron chi connectivity index (χ2n) is 9.44. The lowest BCUT2D eigenvalue weighted by molar-refractivity contribution is -0.262. The smallest absolute Gasteiger partial charge is 0.123 e. The lowest BCUT2D eigenvalue weighted by Gasteiger charge is -2.44. The zero-order valence-corrected chi connectivity index (χ0v) is 21.3. The maximum Gasteiger partial charge on any atom is 0.123 e. The van der Waals surface area contributed by atoms with Crippen molar-refractivity contribution in [2.24, 2.45) is 0 Å². The van der Waals surface area contributed by atoms with Crippen molar-refractivity contribution < 1.29 is 37.2 Å². The molecule has 38 heavy (non-hydrogen) atoms. The summed E-state index contributed by atoms with van der Waals surface area (Å²) < 4.78 is 64.6. The number of rotatable bonds is 12. The summed E-state index contributed by atoms with van der Waals surface area (Å²) in [6.07, 6.45) is -2.12. The molecular weight excluding hydrogens is 497 g/mol. The van der Waals surface area contributed by atoms with Gasteiger partial charge in [-0.1, -0.05) is 49.7 Å². The van der Waals surface area contributed by atoms with E-state index in [2.05, 4.69) is 0 Å². The zero-order valence-electron chi connectivity index (χ0n) is 21.3. The SMILES string of the molecule is CCC[C@H]1O[C@H](COCc2ccc(F)cc2)[C@@H](OCc2ccc(F)cc2)[C@H](OCc2ccc(F)cc2)[C@H]1O. The van der Waals surface area contributed by atoms with Gasteiger partial charge in [-0.05, 0) is 59.5 Å². The van der Waals surface area contributed by atoms with Crippen molar-refractivity contribution in [3.63, 3.8) is 0 Å². The molecule has 5 nitrogen and oxygen atoms in total. The number of ether oxygens (including phenoxy) is 4. The van der Waals surface area contributed by atoms with Crippen LogP contribution in [0.15, 0.2) is 72.8 Å². The van der Waals surface area contributed by atoms with E-state index in [1.165, 1.54) is 36.4 Å². The van der Waals surface area contributed by atoms with E-state index in [1.54, 1.807) is 36.4 Å². The van der Waals surface area contributed by atoms with Crippen molar-refractivity contribution in [3.05, 3.63) is 107 Å². The van der Waals surface area contributed by atoms with Gasteiger partial charge in [0.2, 0.25) is 0 Å². The maximum absolute atomic E-state index is 13.4.